The summed E-state index contributed by atoms with van der Waals surface area (Å²) in [6.07, 6.45) is 0.420. The number of aliphatic hydroxyl groups excluding tert-OH is 1. The highest BCUT2D eigenvalue weighted by atomic mass is 32.1. The van der Waals surface area contributed by atoms with Gasteiger partial charge in [-0.05, 0) is 27.3 Å². The Bertz CT molecular complexity index is 620. The fourth-order valence-electron chi connectivity index (χ4n) is 1.74. The van der Waals surface area contributed by atoms with Crippen molar-refractivity contribution < 1.29 is 5.11 Å². The molecule has 1 unspecified atom stereocenters. The summed E-state index contributed by atoms with van der Waals surface area (Å²) in [6, 6.07) is 1.48. The summed E-state index contributed by atoms with van der Waals surface area (Å²) in [6.45, 7) is 5.02. The zero-order valence-corrected chi connectivity index (χ0v) is 12.1. The zero-order chi connectivity index (χ0) is 14.0. The number of nitrogens with zero attached hydrogens (tertiary/aromatic N) is 4. The van der Waals surface area contributed by atoms with E-state index < -0.39 is 0 Å². The van der Waals surface area contributed by atoms with Crippen LogP contribution in [0.15, 0.2) is 10.9 Å². The predicted molar refractivity (Wildman–Crippen MR) is 74.5 cm³/mol. The van der Waals surface area contributed by atoms with E-state index >= 15 is 0 Å². The SMILES string of the molecule is Cc1cc(=O)n2nc(CN(C)CCC(C)O)sc2n1. The second-order valence-electron chi connectivity index (χ2n) is 4.80. The summed E-state index contributed by atoms with van der Waals surface area (Å²) in [5, 5.41) is 14.4. The van der Waals surface area contributed by atoms with Crippen LogP contribution in [0, 0.1) is 6.92 Å². The second kappa shape index (κ2) is 5.77. The maximum Gasteiger partial charge on any atom is 0.275 e. The van der Waals surface area contributed by atoms with Gasteiger partial charge in [-0.15, -0.1) is 0 Å². The molecular formula is C12H18N4O2S. The van der Waals surface area contributed by atoms with E-state index in [1.165, 1.54) is 21.9 Å². The number of aromatic nitrogens is 3. The van der Waals surface area contributed by atoms with E-state index in [2.05, 4.69) is 15.0 Å². The molecule has 0 saturated carbocycles. The Hall–Kier alpha value is -1.31. The quantitative estimate of drug-likeness (QED) is 0.872. The largest absolute Gasteiger partial charge is 0.393 e. The van der Waals surface area contributed by atoms with Crippen molar-refractivity contribution in [3.63, 3.8) is 0 Å². The van der Waals surface area contributed by atoms with Crippen LogP contribution < -0.4 is 5.56 Å². The van der Waals surface area contributed by atoms with Crippen molar-refractivity contribution in [1.82, 2.24) is 19.5 Å². The van der Waals surface area contributed by atoms with Gasteiger partial charge in [-0.25, -0.2) is 4.98 Å². The highest BCUT2D eigenvalue weighted by molar-refractivity contribution is 7.16. The van der Waals surface area contributed by atoms with Crippen molar-refractivity contribution in [2.75, 3.05) is 13.6 Å². The summed E-state index contributed by atoms with van der Waals surface area (Å²) < 4.78 is 1.34. The van der Waals surface area contributed by atoms with Crippen LogP contribution in [0.5, 0.6) is 0 Å². The van der Waals surface area contributed by atoms with E-state index in [4.69, 9.17) is 0 Å². The lowest BCUT2D eigenvalue weighted by Gasteiger charge is -2.15. The molecule has 7 heteroatoms. The van der Waals surface area contributed by atoms with Crippen molar-refractivity contribution in [3.05, 3.63) is 27.1 Å². The van der Waals surface area contributed by atoms with Crippen LogP contribution in [0.25, 0.3) is 4.96 Å². The molecule has 0 aliphatic rings. The lowest BCUT2D eigenvalue weighted by Crippen LogP contribution is -2.22. The summed E-state index contributed by atoms with van der Waals surface area (Å²) in [5.74, 6) is 0. The van der Waals surface area contributed by atoms with E-state index in [0.717, 1.165) is 18.0 Å². The third-order valence-electron chi connectivity index (χ3n) is 2.75. The minimum absolute atomic E-state index is 0.142. The lowest BCUT2D eigenvalue weighted by atomic mass is 10.3. The molecule has 2 heterocycles. The van der Waals surface area contributed by atoms with Gasteiger partial charge in [0.25, 0.3) is 5.56 Å². The van der Waals surface area contributed by atoms with Gasteiger partial charge in [-0.3, -0.25) is 9.69 Å². The van der Waals surface area contributed by atoms with E-state index in [0.29, 0.717) is 17.2 Å². The highest BCUT2D eigenvalue weighted by Gasteiger charge is 2.10. The summed E-state index contributed by atoms with van der Waals surface area (Å²) in [7, 11) is 1.97. The van der Waals surface area contributed by atoms with Crippen LogP contribution in [0.1, 0.15) is 24.0 Å². The normalized spacial score (nSPS) is 13.3. The minimum Gasteiger partial charge on any atom is -0.393 e. The Kier molecular flexibility index (Phi) is 4.28. The number of aliphatic hydroxyl groups is 1. The lowest BCUT2D eigenvalue weighted by molar-refractivity contribution is 0.163. The van der Waals surface area contributed by atoms with E-state index in [-0.39, 0.29) is 11.7 Å². The van der Waals surface area contributed by atoms with Gasteiger partial charge in [0.2, 0.25) is 4.96 Å². The predicted octanol–water partition coefficient (Wildman–Crippen LogP) is 0.662. The second-order valence-corrected chi connectivity index (χ2v) is 5.84. The number of fused-ring (bicyclic) bond motifs is 1. The van der Waals surface area contributed by atoms with Gasteiger partial charge in [0.15, 0.2) is 0 Å². The topological polar surface area (TPSA) is 70.7 Å². The summed E-state index contributed by atoms with van der Waals surface area (Å²) in [5.41, 5.74) is 0.569. The molecule has 0 aliphatic carbocycles. The zero-order valence-electron chi connectivity index (χ0n) is 11.3. The molecule has 2 aromatic rings. The van der Waals surface area contributed by atoms with Gasteiger partial charge in [-0.1, -0.05) is 11.3 Å². The average molecular weight is 282 g/mol. The first-order valence-electron chi connectivity index (χ1n) is 6.18. The number of rotatable bonds is 5. The third-order valence-corrected chi connectivity index (χ3v) is 3.64. The van der Waals surface area contributed by atoms with Crippen LogP contribution in [-0.2, 0) is 6.54 Å². The van der Waals surface area contributed by atoms with Crippen LogP contribution in [-0.4, -0.2) is 44.3 Å². The van der Waals surface area contributed by atoms with Crippen molar-refractivity contribution in [2.45, 2.75) is 32.9 Å². The average Bonchev–Trinajstić information content (AvgIpc) is 2.69. The third kappa shape index (κ3) is 3.59. The maximum absolute atomic E-state index is 11.7. The van der Waals surface area contributed by atoms with Crippen LogP contribution in [0.3, 0.4) is 0 Å². The van der Waals surface area contributed by atoms with Crippen molar-refractivity contribution >= 4 is 16.3 Å². The van der Waals surface area contributed by atoms with Crippen LogP contribution >= 0.6 is 11.3 Å². The Morgan fingerprint density at radius 1 is 1.58 bits per heavy atom. The number of hydrogen-bond acceptors (Lipinski definition) is 6. The molecule has 0 radical (unpaired) electrons. The molecule has 104 valence electrons. The molecule has 0 amide bonds. The molecule has 0 saturated heterocycles. The number of hydrogen-bond donors (Lipinski definition) is 1. The Balaban J connectivity index is 2.13. The molecule has 0 aliphatic heterocycles. The molecule has 19 heavy (non-hydrogen) atoms. The fourth-order valence-corrected chi connectivity index (χ4v) is 2.77. The van der Waals surface area contributed by atoms with Crippen molar-refractivity contribution in [2.24, 2.45) is 0 Å². The molecule has 0 spiro atoms. The smallest absolute Gasteiger partial charge is 0.275 e. The molecule has 1 atom stereocenters. The van der Waals surface area contributed by atoms with Gasteiger partial charge in [-0.2, -0.15) is 9.61 Å². The number of aryl methyl sites for hydroxylation is 1. The molecule has 6 nitrogen and oxygen atoms in total. The molecular weight excluding hydrogens is 264 g/mol. The van der Waals surface area contributed by atoms with E-state index in [1.54, 1.807) is 13.8 Å². The Labute approximate surface area is 115 Å². The Morgan fingerprint density at radius 3 is 3.00 bits per heavy atom. The van der Waals surface area contributed by atoms with Crippen molar-refractivity contribution in [1.29, 1.82) is 0 Å². The van der Waals surface area contributed by atoms with E-state index in [9.17, 15) is 9.90 Å². The molecule has 2 aromatic heterocycles. The standard InChI is InChI=1S/C12H18N4O2S/c1-8-6-11(18)16-12(13-8)19-10(14-16)7-15(3)5-4-9(2)17/h6,9,17H,4-5,7H2,1-3H3. The molecule has 0 aromatic carbocycles. The van der Waals surface area contributed by atoms with Gasteiger partial charge >= 0.3 is 0 Å². The van der Waals surface area contributed by atoms with E-state index in [1.807, 2.05) is 7.05 Å². The Morgan fingerprint density at radius 2 is 2.32 bits per heavy atom. The molecule has 1 N–H and O–H groups in total. The van der Waals surface area contributed by atoms with Gasteiger partial charge in [0.1, 0.15) is 5.01 Å². The monoisotopic (exact) mass is 282 g/mol. The molecule has 0 fully saturated rings. The van der Waals surface area contributed by atoms with Gasteiger partial charge in [0, 0.05) is 18.3 Å². The van der Waals surface area contributed by atoms with Crippen LogP contribution in [0.4, 0.5) is 0 Å². The highest BCUT2D eigenvalue weighted by Crippen LogP contribution is 2.13. The summed E-state index contributed by atoms with van der Waals surface area (Å²) >= 11 is 1.42. The fraction of sp³-hybridized carbons (Fsp3) is 0.583. The first-order chi connectivity index (χ1) is 8.95. The van der Waals surface area contributed by atoms with Crippen molar-refractivity contribution in [3.8, 4) is 0 Å². The molecule has 0 bridgehead atoms. The minimum atomic E-state index is -0.301. The first kappa shape index (κ1) is 14.1. The summed E-state index contributed by atoms with van der Waals surface area (Å²) in [4.78, 5) is 18.7. The first-order valence-corrected chi connectivity index (χ1v) is 7.00. The maximum atomic E-state index is 11.7. The molecule has 2 rings (SSSR count). The van der Waals surface area contributed by atoms with Gasteiger partial charge < -0.3 is 5.11 Å². The van der Waals surface area contributed by atoms with Gasteiger partial charge in [0.05, 0.1) is 12.6 Å². The van der Waals surface area contributed by atoms with Crippen LogP contribution in [0.2, 0.25) is 0 Å².